The van der Waals surface area contributed by atoms with Crippen molar-refractivity contribution >= 4 is 28.4 Å². The number of nitrogens with one attached hydrogen (secondary N) is 1. The van der Waals surface area contributed by atoms with Gasteiger partial charge in [0.2, 0.25) is 0 Å². The van der Waals surface area contributed by atoms with Crippen LogP contribution in [-0.4, -0.2) is 38.6 Å². The van der Waals surface area contributed by atoms with E-state index in [0.717, 1.165) is 36.1 Å². The summed E-state index contributed by atoms with van der Waals surface area (Å²) < 4.78 is 3.87. The number of carbonyl (C=O) groups is 1. The topological polar surface area (TPSA) is 62.4 Å². The number of fused-ring (bicyclic) bond motifs is 3. The Kier molecular flexibility index (Phi) is 5.52. The number of nitrogens with zero attached hydrogens (tertiary/aromatic N) is 3. The van der Waals surface area contributed by atoms with Crippen LogP contribution in [0, 0.1) is 0 Å². The number of hydrogen-bond acceptors (Lipinski definition) is 3. The molecule has 2 aromatic heterocycles. The molecule has 0 saturated carbocycles. The maximum Gasteiger partial charge on any atom is 0.270 e. The van der Waals surface area contributed by atoms with E-state index in [0.29, 0.717) is 16.3 Å². The summed E-state index contributed by atoms with van der Waals surface area (Å²) in [7, 11) is 3.91. The fraction of sp³-hybridized carbons (Fsp3) is 0.269. The van der Waals surface area contributed by atoms with Crippen LogP contribution in [0.5, 0.6) is 0 Å². The fourth-order valence-corrected chi connectivity index (χ4v) is 4.99. The Morgan fingerprint density at radius 2 is 1.91 bits per heavy atom. The van der Waals surface area contributed by atoms with Crippen LogP contribution in [0.1, 0.15) is 27.3 Å². The molecule has 1 aliphatic heterocycles. The predicted molar refractivity (Wildman–Crippen MR) is 130 cm³/mol. The van der Waals surface area contributed by atoms with Crippen molar-refractivity contribution in [2.45, 2.75) is 25.2 Å². The number of rotatable bonds is 5. The molecular formula is C26H27ClN4O2. The largest absolute Gasteiger partial charge is 0.365 e. The van der Waals surface area contributed by atoms with Crippen LogP contribution in [0.3, 0.4) is 0 Å². The Labute approximate surface area is 198 Å². The van der Waals surface area contributed by atoms with Gasteiger partial charge in [0.05, 0.1) is 6.54 Å². The van der Waals surface area contributed by atoms with Gasteiger partial charge in [-0.15, -0.1) is 0 Å². The monoisotopic (exact) mass is 462 g/mol. The molecule has 1 amide bonds. The highest BCUT2D eigenvalue weighted by Crippen LogP contribution is 2.34. The first-order chi connectivity index (χ1) is 15.9. The number of carbonyl (C=O) groups excluding carboxylic acids is 1. The van der Waals surface area contributed by atoms with E-state index in [9.17, 15) is 9.90 Å². The summed E-state index contributed by atoms with van der Waals surface area (Å²) in [5, 5.41) is 16.7. The van der Waals surface area contributed by atoms with Gasteiger partial charge in [0.15, 0.2) is 5.72 Å². The lowest BCUT2D eigenvalue weighted by atomic mass is 10.0. The first-order valence-corrected chi connectivity index (χ1v) is 11.4. The van der Waals surface area contributed by atoms with Gasteiger partial charge >= 0.3 is 0 Å². The van der Waals surface area contributed by atoms with Gasteiger partial charge in [-0.2, -0.15) is 0 Å². The molecule has 6 nitrogen and oxygen atoms in total. The van der Waals surface area contributed by atoms with Crippen molar-refractivity contribution in [3.05, 3.63) is 94.4 Å². The standard InChI is InChI=1S/C26H27ClN4O2/c1-29-14-12-20-21-15-19(27)10-11-22(21)31(24(20)16-29)17-26(33,18-7-4-3-5-8-18)28-25(32)23-9-6-13-30(23)2/h3-11,13,15,33H,12,14,16-17H2,1-2H3,(H,28,32). The summed E-state index contributed by atoms with van der Waals surface area (Å²) in [6.07, 6.45) is 2.72. The zero-order valence-corrected chi connectivity index (χ0v) is 19.5. The maximum atomic E-state index is 13.2. The van der Waals surface area contributed by atoms with Crippen LogP contribution < -0.4 is 5.32 Å². The summed E-state index contributed by atoms with van der Waals surface area (Å²) >= 11 is 6.34. The molecule has 33 heavy (non-hydrogen) atoms. The molecule has 0 radical (unpaired) electrons. The summed E-state index contributed by atoms with van der Waals surface area (Å²) in [6.45, 7) is 1.90. The Hall–Kier alpha value is -3.06. The molecule has 0 aliphatic carbocycles. The second-order valence-electron chi connectivity index (χ2n) is 8.85. The summed E-state index contributed by atoms with van der Waals surface area (Å²) in [6, 6.07) is 18.7. The van der Waals surface area contributed by atoms with E-state index in [1.807, 2.05) is 67.8 Å². The number of likely N-dealkylation sites (N-methyl/N-ethyl adjacent to an activating group) is 1. The van der Waals surface area contributed by atoms with Gasteiger partial charge in [0.1, 0.15) is 5.69 Å². The van der Waals surface area contributed by atoms with Gasteiger partial charge in [-0.1, -0.05) is 41.9 Å². The van der Waals surface area contributed by atoms with Crippen molar-refractivity contribution in [1.29, 1.82) is 0 Å². The van der Waals surface area contributed by atoms with Crippen LogP contribution in [0.25, 0.3) is 10.9 Å². The summed E-state index contributed by atoms with van der Waals surface area (Å²) in [4.78, 5) is 15.4. The van der Waals surface area contributed by atoms with Crippen LogP contribution in [0.2, 0.25) is 5.02 Å². The number of hydrogen-bond donors (Lipinski definition) is 2. The van der Waals surface area contributed by atoms with E-state index in [4.69, 9.17) is 11.6 Å². The smallest absolute Gasteiger partial charge is 0.270 e. The van der Waals surface area contributed by atoms with E-state index in [1.165, 1.54) is 5.56 Å². The number of amides is 1. The van der Waals surface area contributed by atoms with Crippen molar-refractivity contribution < 1.29 is 9.90 Å². The number of aryl methyl sites for hydroxylation is 1. The third-order valence-corrected chi connectivity index (χ3v) is 6.78. The second-order valence-corrected chi connectivity index (χ2v) is 9.28. The third kappa shape index (κ3) is 3.95. The zero-order valence-electron chi connectivity index (χ0n) is 18.8. The first kappa shape index (κ1) is 21.8. The second kappa shape index (κ2) is 8.37. The minimum Gasteiger partial charge on any atom is -0.365 e. The SMILES string of the molecule is CN1CCc2c(n(CC(O)(NC(=O)c3cccn3C)c3ccccc3)c3ccc(Cl)cc23)C1. The molecule has 0 fully saturated rings. The molecule has 170 valence electrons. The lowest BCUT2D eigenvalue weighted by Gasteiger charge is -2.33. The van der Waals surface area contributed by atoms with Crippen molar-refractivity contribution in [1.82, 2.24) is 19.4 Å². The molecule has 0 bridgehead atoms. The molecule has 1 atom stereocenters. The first-order valence-electron chi connectivity index (χ1n) is 11.1. The van der Waals surface area contributed by atoms with E-state index in [2.05, 4.69) is 21.8 Å². The average Bonchev–Trinajstić information content (AvgIpc) is 3.35. The molecule has 3 heterocycles. The zero-order chi connectivity index (χ0) is 23.2. The molecule has 7 heteroatoms. The number of halogens is 1. The van der Waals surface area contributed by atoms with E-state index in [-0.39, 0.29) is 12.5 Å². The van der Waals surface area contributed by atoms with Crippen LogP contribution in [-0.2, 0) is 32.3 Å². The molecule has 1 aliphatic rings. The number of benzene rings is 2. The molecule has 2 N–H and O–H groups in total. The number of aromatic nitrogens is 2. The number of aliphatic hydroxyl groups is 1. The van der Waals surface area contributed by atoms with Gasteiger partial charge in [-0.3, -0.25) is 4.79 Å². The van der Waals surface area contributed by atoms with Crippen LogP contribution in [0.4, 0.5) is 0 Å². The van der Waals surface area contributed by atoms with E-state index < -0.39 is 5.72 Å². The van der Waals surface area contributed by atoms with Crippen molar-refractivity contribution in [3.63, 3.8) is 0 Å². The predicted octanol–water partition coefficient (Wildman–Crippen LogP) is 3.90. The fourth-order valence-electron chi connectivity index (χ4n) is 4.82. The highest BCUT2D eigenvalue weighted by molar-refractivity contribution is 6.31. The normalized spacial score (nSPS) is 15.9. The van der Waals surface area contributed by atoms with Gasteiger partial charge in [-0.25, -0.2) is 0 Å². The Morgan fingerprint density at radius 1 is 1.12 bits per heavy atom. The maximum absolute atomic E-state index is 13.2. The molecule has 1 unspecified atom stereocenters. The lowest BCUT2D eigenvalue weighted by molar-refractivity contribution is -0.0118. The van der Waals surface area contributed by atoms with Gasteiger partial charge in [0.25, 0.3) is 5.91 Å². The molecule has 2 aromatic carbocycles. The molecule has 5 rings (SSSR count). The van der Waals surface area contributed by atoms with Crippen LogP contribution >= 0.6 is 11.6 Å². The summed E-state index contributed by atoms with van der Waals surface area (Å²) in [5.41, 5.74) is 2.90. The van der Waals surface area contributed by atoms with Gasteiger partial charge in [-0.05, 0) is 49.4 Å². The molecule has 0 saturated heterocycles. The van der Waals surface area contributed by atoms with Gasteiger partial charge < -0.3 is 24.5 Å². The van der Waals surface area contributed by atoms with Crippen LogP contribution in [0.15, 0.2) is 66.9 Å². The minimum atomic E-state index is -1.61. The Morgan fingerprint density at radius 3 is 2.64 bits per heavy atom. The van der Waals surface area contributed by atoms with Crippen molar-refractivity contribution in [2.24, 2.45) is 7.05 Å². The highest BCUT2D eigenvalue weighted by Gasteiger charge is 2.35. The molecular weight excluding hydrogens is 436 g/mol. The van der Waals surface area contributed by atoms with Crippen molar-refractivity contribution in [2.75, 3.05) is 13.6 Å². The summed E-state index contributed by atoms with van der Waals surface area (Å²) in [5.74, 6) is -0.334. The van der Waals surface area contributed by atoms with E-state index >= 15 is 0 Å². The molecule has 4 aromatic rings. The lowest BCUT2D eigenvalue weighted by Crippen LogP contribution is -2.49. The van der Waals surface area contributed by atoms with E-state index in [1.54, 1.807) is 10.6 Å². The van der Waals surface area contributed by atoms with Crippen molar-refractivity contribution in [3.8, 4) is 0 Å². The quantitative estimate of drug-likeness (QED) is 0.442. The Balaban J connectivity index is 1.63. The minimum absolute atomic E-state index is 0.175. The average molecular weight is 463 g/mol. The van der Waals surface area contributed by atoms with Gasteiger partial charge in [0, 0.05) is 53.5 Å². The highest BCUT2D eigenvalue weighted by atomic mass is 35.5. The third-order valence-electron chi connectivity index (χ3n) is 6.55. The molecule has 0 spiro atoms. The Bertz CT molecular complexity index is 1330.